The molecule has 4 aromatic heterocycles. The maximum absolute atomic E-state index is 13.2. The zero-order valence-corrected chi connectivity index (χ0v) is 16.6. The van der Waals surface area contributed by atoms with E-state index >= 15 is 0 Å². The SMILES string of the molecule is O=C(NC1CCCCn2c1nc(-c1ccncn1)cc2=O)c1nccc2ncccc12. The van der Waals surface area contributed by atoms with Gasteiger partial charge in [0.15, 0.2) is 0 Å². The first-order valence-electron chi connectivity index (χ1n) is 10.1. The average Bonchev–Trinajstić information content (AvgIpc) is 3.02. The standard InChI is InChI=1S/C22H19N7O2/c30-19-12-18(16-6-9-23-13-26-16)27-21-17(5-1-2-11-29(19)21)28-22(31)20-14-4-3-8-24-15(14)7-10-25-20/h3-4,6-10,12-13,17H,1-2,5,11H2,(H,28,31). The van der Waals surface area contributed by atoms with E-state index in [0.29, 0.717) is 46.8 Å². The second-order valence-electron chi connectivity index (χ2n) is 7.34. The normalized spacial score (nSPS) is 15.8. The molecule has 0 bridgehead atoms. The fraction of sp³-hybridized carbons (Fsp3) is 0.227. The molecule has 0 aromatic carbocycles. The molecule has 1 atom stereocenters. The first-order valence-corrected chi connectivity index (χ1v) is 10.1. The molecular weight excluding hydrogens is 394 g/mol. The molecule has 1 aliphatic heterocycles. The van der Waals surface area contributed by atoms with Crippen LogP contribution in [0.15, 0.2) is 60.0 Å². The zero-order chi connectivity index (χ0) is 21.2. The summed E-state index contributed by atoms with van der Waals surface area (Å²) in [4.78, 5) is 47.4. The zero-order valence-electron chi connectivity index (χ0n) is 16.6. The molecule has 9 nitrogen and oxygen atoms in total. The van der Waals surface area contributed by atoms with Crippen LogP contribution in [0.1, 0.15) is 41.6 Å². The number of amides is 1. The van der Waals surface area contributed by atoms with E-state index < -0.39 is 6.04 Å². The molecular formula is C22H19N7O2. The van der Waals surface area contributed by atoms with Crippen molar-refractivity contribution in [1.82, 2.24) is 34.8 Å². The number of fused-ring (bicyclic) bond motifs is 2. The van der Waals surface area contributed by atoms with Crippen LogP contribution in [0.5, 0.6) is 0 Å². The van der Waals surface area contributed by atoms with Gasteiger partial charge in [0.2, 0.25) is 0 Å². The summed E-state index contributed by atoms with van der Waals surface area (Å²) in [6.45, 7) is 0.564. The fourth-order valence-electron chi connectivity index (χ4n) is 3.88. The van der Waals surface area contributed by atoms with Crippen molar-refractivity contribution in [2.45, 2.75) is 31.8 Å². The van der Waals surface area contributed by atoms with Crippen LogP contribution in [0.2, 0.25) is 0 Å². The van der Waals surface area contributed by atoms with Crippen molar-refractivity contribution in [1.29, 1.82) is 0 Å². The summed E-state index contributed by atoms with van der Waals surface area (Å²) in [7, 11) is 0. The van der Waals surface area contributed by atoms with Gasteiger partial charge in [-0.15, -0.1) is 0 Å². The Morgan fingerprint density at radius 2 is 1.97 bits per heavy atom. The Balaban J connectivity index is 1.54. The van der Waals surface area contributed by atoms with Gasteiger partial charge in [-0.1, -0.05) is 0 Å². The van der Waals surface area contributed by atoms with E-state index in [2.05, 4.69) is 25.3 Å². The first kappa shape index (κ1) is 19.0. The van der Waals surface area contributed by atoms with Crippen LogP contribution in [-0.2, 0) is 6.54 Å². The van der Waals surface area contributed by atoms with Gasteiger partial charge < -0.3 is 5.32 Å². The number of nitrogens with one attached hydrogen (secondary N) is 1. The van der Waals surface area contributed by atoms with Crippen LogP contribution in [0.25, 0.3) is 22.3 Å². The molecule has 31 heavy (non-hydrogen) atoms. The van der Waals surface area contributed by atoms with Crippen LogP contribution >= 0.6 is 0 Å². The largest absolute Gasteiger partial charge is 0.341 e. The molecule has 0 saturated heterocycles. The minimum absolute atomic E-state index is 0.160. The summed E-state index contributed by atoms with van der Waals surface area (Å²) in [6, 6.07) is 8.13. The van der Waals surface area contributed by atoms with E-state index in [9.17, 15) is 9.59 Å². The Kier molecular flexibility index (Phi) is 4.91. The summed E-state index contributed by atoms with van der Waals surface area (Å²) in [5, 5.41) is 3.72. The summed E-state index contributed by atoms with van der Waals surface area (Å²) in [5.41, 5.74) is 1.87. The molecule has 1 aliphatic rings. The van der Waals surface area contributed by atoms with Crippen LogP contribution in [0.3, 0.4) is 0 Å². The van der Waals surface area contributed by atoms with Gasteiger partial charge in [0.05, 0.1) is 22.9 Å². The Morgan fingerprint density at radius 3 is 2.84 bits per heavy atom. The third-order valence-corrected chi connectivity index (χ3v) is 5.37. The molecule has 9 heteroatoms. The highest BCUT2D eigenvalue weighted by atomic mass is 16.2. The fourth-order valence-corrected chi connectivity index (χ4v) is 3.88. The van der Waals surface area contributed by atoms with Crippen molar-refractivity contribution in [2.75, 3.05) is 0 Å². The molecule has 0 saturated carbocycles. The van der Waals surface area contributed by atoms with E-state index in [1.807, 2.05) is 6.07 Å². The van der Waals surface area contributed by atoms with Crippen molar-refractivity contribution in [3.05, 3.63) is 77.1 Å². The highest BCUT2D eigenvalue weighted by molar-refractivity contribution is 6.04. The topological polar surface area (TPSA) is 116 Å². The second kappa shape index (κ2) is 8.02. The molecule has 1 unspecified atom stereocenters. The van der Waals surface area contributed by atoms with E-state index in [-0.39, 0.29) is 11.5 Å². The highest BCUT2D eigenvalue weighted by Gasteiger charge is 2.25. The minimum atomic E-state index is -0.418. The van der Waals surface area contributed by atoms with Crippen molar-refractivity contribution in [2.24, 2.45) is 0 Å². The molecule has 0 spiro atoms. The smallest absolute Gasteiger partial charge is 0.271 e. The number of pyridine rings is 2. The second-order valence-corrected chi connectivity index (χ2v) is 7.34. The van der Waals surface area contributed by atoms with Crippen molar-refractivity contribution < 1.29 is 4.79 Å². The van der Waals surface area contributed by atoms with E-state index in [0.717, 1.165) is 12.8 Å². The number of hydrogen-bond acceptors (Lipinski definition) is 7. The Morgan fingerprint density at radius 1 is 1.03 bits per heavy atom. The van der Waals surface area contributed by atoms with Gasteiger partial charge in [0, 0.05) is 36.6 Å². The molecule has 0 aliphatic carbocycles. The maximum atomic E-state index is 13.2. The quantitative estimate of drug-likeness (QED) is 0.548. The van der Waals surface area contributed by atoms with Crippen LogP contribution in [0, 0.1) is 0 Å². The molecule has 5 heterocycles. The summed E-state index contributed by atoms with van der Waals surface area (Å²) >= 11 is 0. The lowest BCUT2D eigenvalue weighted by atomic mass is 10.1. The van der Waals surface area contributed by atoms with Gasteiger partial charge in [-0.3, -0.25) is 24.1 Å². The number of carbonyl (C=O) groups is 1. The van der Waals surface area contributed by atoms with Gasteiger partial charge in [0.1, 0.15) is 17.8 Å². The Hall–Kier alpha value is -4.01. The molecule has 5 rings (SSSR count). The van der Waals surface area contributed by atoms with Gasteiger partial charge >= 0.3 is 0 Å². The number of hydrogen-bond donors (Lipinski definition) is 1. The van der Waals surface area contributed by atoms with E-state index in [1.165, 1.54) is 12.4 Å². The van der Waals surface area contributed by atoms with Crippen LogP contribution in [0.4, 0.5) is 0 Å². The molecule has 0 radical (unpaired) electrons. The molecule has 1 N–H and O–H groups in total. The molecule has 1 amide bonds. The summed E-state index contributed by atoms with van der Waals surface area (Å²) in [6.07, 6.45) is 8.64. The molecule has 154 valence electrons. The molecule has 0 fully saturated rings. The predicted molar refractivity (Wildman–Crippen MR) is 113 cm³/mol. The average molecular weight is 413 g/mol. The van der Waals surface area contributed by atoms with Crippen molar-refractivity contribution in [3.8, 4) is 11.4 Å². The lowest BCUT2D eigenvalue weighted by Crippen LogP contribution is -2.34. The number of nitrogens with zero attached hydrogens (tertiary/aromatic N) is 6. The lowest BCUT2D eigenvalue weighted by molar-refractivity contribution is 0.0929. The molecule has 4 aromatic rings. The first-order chi connectivity index (χ1) is 15.2. The number of aromatic nitrogens is 6. The summed E-state index contributed by atoms with van der Waals surface area (Å²) < 4.78 is 1.64. The van der Waals surface area contributed by atoms with Gasteiger partial charge in [-0.25, -0.2) is 15.0 Å². The van der Waals surface area contributed by atoms with Gasteiger partial charge in [-0.05, 0) is 43.5 Å². The third-order valence-electron chi connectivity index (χ3n) is 5.37. The monoisotopic (exact) mass is 413 g/mol. The van der Waals surface area contributed by atoms with E-state index in [4.69, 9.17) is 4.98 Å². The third kappa shape index (κ3) is 3.65. The lowest BCUT2D eigenvalue weighted by Gasteiger charge is -2.19. The highest BCUT2D eigenvalue weighted by Crippen LogP contribution is 2.24. The van der Waals surface area contributed by atoms with Crippen LogP contribution in [-0.4, -0.2) is 35.4 Å². The Labute approximate surface area is 177 Å². The summed E-state index contributed by atoms with van der Waals surface area (Å²) in [5.74, 6) is 0.212. The number of carbonyl (C=O) groups excluding carboxylic acids is 1. The minimum Gasteiger partial charge on any atom is -0.341 e. The van der Waals surface area contributed by atoms with E-state index in [1.54, 1.807) is 41.4 Å². The van der Waals surface area contributed by atoms with Crippen LogP contribution < -0.4 is 10.9 Å². The predicted octanol–water partition coefficient (Wildman–Crippen LogP) is 2.30. The van der Waals surface area contributed by atoms with Gasteiger partial charge in [-0.2, -0.15) is 0 Å². The van der Waals surface area contributed by atoms with Gasteiger partial charge in [0.25, 0.3) is 11.5 Å². The van der Waals surface area contributed by atoms with Crippen molar-refractivity contribution in [3.63, 3.8) is 0 Å². The number of rotatable bonds is 3. The Bertz CT molecular complexity index is 1320. The maximum Gasteiger partial charge on any atom is 0.271 e. The van der Waals surface area contributed by atoms with Crippen molar-refractivity contribution >= 4 is 16.8 Å².